The van der Waals surface area contributed by atoms with Crippen LogP contribution in [0.15, 0.2) is 5.57 Å². The summed E-state index contributed by atoms with van der Waals surface area (Å²) in [5.74, 6) is 0. The highest BCUT2D eigenvalue weighted by molar-refractivity contribution is 7.12. The second-order valence-electron chi connectivity index (χ2n) is 3.85. The molecule has 0 aliphatic carbocycles. The fourth-order valence-corrected chi connectivity index (χ4v) is 2.69. The number of aryl methyl sites for hydroxylation is 2. The SMILES string of the molecule is CC1=C(c2nc(C)c(C)s2)CNCC1. The van der Waals surface area contributed by atoms with E-state index in [0.717, 1.165) is 19.5 Å². The van der Waals surface area contributed by atoms with Gasteiger partial charge in [0.2, 0.25) is 0 Å². The predicted octanol–water partition coefficient (Wildman–Crippen LogP) is 2.53. The Balaban J connectivity index is 2.38. The Morgan fingerprint density at radius 2 is 2.07 bits per heavy atom. The van der Waals surface area contributed by atoms with E-state index in [4.69, 9.17) is 0 Å². The van der Waals surface area contributed by atoms with E-state index in [0.29, 0.717) is 0 Å². The van der Waals surface area contributed by atoms with Gasteiger partial charge in [0.1, 0.15) is 5.01 Å². The minimum absolute atomic E-state index is 0.984. The molecule has 3 heteroatoms. The standard InChI is InChI=1S/C11H16N2S/c1-7-4-5-12-6-10(7)11-13-8(2)9(3)14-11/h12H,4-6H2,1-3H3. The summed E-state index contributed by atoms with van der Waals surface area (Å²) in [5, 5.41) is 4.61. The summed E-state index contributed by atoms with van der Waals surface area (Å²) < 4.78 is 0. The Bertz CT molecular complexity index is 357. The minimum Gasteiger partial charge on any atom is -0.312 e. The van der Waals surface area contributed by atoms with Gasteiger partial charge in [-0.1, -0.05) is 5.57 Å². The highest BCUT2D eigenvalue weighted by Crippen LogP contribution is 2.27. The molecule has 1 aromatic rings. The Morgan fingerprint density at radius 1 is 1.29 bits per heavy atom. The van der Waals surface area contributed by atoms with Gasteiger partial charge in [-0.25, -0.2) is 4.98 Å². The van der Waals surface area contributed by atoms with Crippen molar-refractivity contribution in [1.82, 2.24) is 10.3 Å². The van der Waals surface area contributed by atoms with Crippen LogP contribution in [0.25, 0.3) is 5.57 Å². The van der Waals surface area contributed by atoms with Gasteiger partial charge >= 0.3 is 0 Å². The zero-order valence-electron chi connectivity index (χ0n) is 8.98. The monoisotopic (exact) mass is 208 g/mol. The molecule has 0 bridgehead atoms. The van der Waals surface area contributed by atoms with Crippen LogP contribution >= 0.6 is 11.3 Å². The first-order valence-electron chi connectivity index (χ1n) is 5.02. The lowest BCUT2D eigenvalue weighted by Gasteiger charge is -2.16. The van der Waals surface area contributed by atoms with Crippen LogP contribution < -0.4 is 5.32 Å². The van der Waals surface area contributed by atoms with Gasteiger partial charge < -0.3 is 5.32 Å². The van der Waals surface area contributed by atoms with Crippen molar-refractivity contribution in [2.45, 2.75) is 27.2 Å². The number of nitrogens with one attached hydrogen (secondary N) is 1. The molecule has 0 saturated carbocycles. The van der Waals surface area contributed by atoms with Crippen molar-refractivity contribution >= 4 is 16.9 Å². The maximum atomic E-state index is 4.60. The molecule has 0 radical (unpaired) electrons. The van der Waals surface area contributed by atoms with Gasteiger partial charge in [0, 0.05) is 17.0 Å². The van der Waals surface area contributed by atoms with Crippen LogP contribution in [0.1, 0.15) is 28.9 Å². The third-order valence-corrected chi connectivity index (χ3v) is 3.91. The van der Waals surface area contributed by atoms with E-state index in [1.165, 1.54) is 26.7 Å². The molecule has 2 nitrogen and oxygen atoms in total. The second-order valence-corrected chi connectivity index (χ2v) is 5.05. The number of rotatable bonds is 1. The first kappa shape index (κ1) is 9.87. The summed E-state index contributed by atoms with van der Waals surface area (Å²) >= 11 is 1.82. The second kappa shape index (κ2) is 3.83. The van der Waals surface area contributed by atoms with Gasteiger partial charge in [-0.05, 0) is 33.7 Å². The van der Waals surface area contributed by atoms with Crippen molar-refractivity contribution in [2.24, 2.45) is 0 Å². The first-order valence-corrected chi connectivity index (χ1v) is 5.84. The maximum absolute atomic E-state index is 4.60. The van der Waals surface area contributed by atoms with E-state index in [1.54, 1.807) is 0 Å². The van der Waals surface area contributed by atoms with Crippen molar-refractivity contribution in [3.05, 3.63) is 21.2 Å². The van der Waals surface area contributed by atoms with Crippen LogP contribution in [0.3, 0.4) is 0 Å². The lowest BCUT2D eigenvalue weighted by Crippen LogP contribution is -2.23. The molecule has 0 spiro atoms. The summed E-state index contributed by atoms with van der Waals surface area (Å²) in [5.41, 5.74) is 4.09. The van der Waals surface area contributed by atoms with Crippen LogP contribution in [-0.2, 0) is 0 Å². The Labute approximate surface area is 89.1 Å². The molecule has 0 unspecified atom stereocenters. The van der Waals surface area contributed by atoms with Gasteiger partial charge in [0.05, 0.1) is 5.69 Å². The van der Waals surface area contributed by atoms with Crippen LogP contribution in [-0.4, -0.2) is 18.1 Å². The van der Waals surface area contributed by atoms with E-state index < -0.39 is 0 Å². The molecule has 1 N–H and O–H groups in total. The topological polar surface area (TPSA) is 24.9 Å². The molecule has 2 rings (SSSR count). The molecule has 1 aromatic heterocycles. The summed E-state index contributed by atoms with van der Waals surface area (Å²) in [4.78, 5) is 5.94. The first-order chi connectivity index (χ1) is 6.68. The molecule has 0 aromatic carbocycles. The van der Waals surface area contributed by atoms with Crippen molar-refractivity contribution in [1.29, 1.82) is 0 Å². The summed E-state index contributed by atoms with van der Waals surface area (Å²) in [6.45, 7) is 8.54. The molecule has 1 aliphatic heterocycles. The molecule has 14 heavy (non-hydrogen) atoms. The Kier molecular flexibility index (Phi) is 2.70. The number of hydrogen-bond donors (Lipinski definition) is 1. The molecule has 0 saturated heterocycles. The summed E-state index contributed by atoms with van der Waals surface area (Å²) in [6.07, 6.45) is 1.16. The Morgan fingerprint density at radius 3 is 2.64 bits per heavy atom. The summed E-state index contributed by atoms with van der Waals surface area (Å²) in [6, 6.07) is 0. The molecule has 0 atom stereocenters. The number of hydrogen-bond acceptors (Lipinski definition) is 3. The van der Waals surface area contributed by atoms with Gasteiger partial charge in [-0.3, -0.25) is 0 Å². The molecular weight excluding hydrogens is 192 g/mol. The molecule has 2 heterocycles. The van der Waals surface area contributed by atoms with E-state index in [1.807, 2.05) is 11.3 Å². The van der Waals surface area contributed by atoms with Crippen molar-refractivity contribution < 1.29 is 0 Å². The number of thiazole rings is 1. The fourth-order valence-electron chi connectivity index (χ4n) is 1.65. The van der Waals surface area contributed by atoms with E-state index >= 15 is 0 Å². The highest BCUT2D eigenvalue weighted by atomic mass is 32.1. The van der Waals surface area contributed by atoms with Crippen LogP contribution in [0.2, 0.25) is 0 Å². The lowest BCUT2D eigenvalue weighted by molar-refractivity contribution is 0.714. The van der Waals surface area contributed by atoms with Gasteiger partial charge in [0.25, 0.3) is 0 Å². The lowest BCUT2D eigenvalue weighted by atomic mass is 10.0. The van der Waals surface area contributed by atoms with E-state index in [2.05, 4.69) is 31.1 Å². The normalized spacial score (nSPS) is 17.6. The average molecular weight is 208 g/mol. The van der Waals surface area contributed by atoms with Crippen molar-refractivity contribution in [2.75, 3.05) is 13.1 Å². The zero-order chi connectivity index (χ0) is 10.1. The quantitative estimate of drug-likeness (QED) is 0.767. The Hall–Kier alpha value is -0.670. The van der Waals surface area contributed by atoms with Crippen LogP contribution in [0.4, 0.5) is 0 Å². The highest BCUT2D eigenvalue weighted by Gasteiger charge is 2.14. The molecular formula is C11H16N2S. The zero-order valence-corrected chi connectivity index (χ0v) is 9.79. The number of nitrogens with zero attached hydrogens (tertiary/aromatic N) is 1. The van der Waals surface area contributed by atoms with Crippen LogP contribution in [0, 0.1) is 13.8 Å². The van der Waals surface area contributed by atoms with Crippen molar-refractivity contribution in [3.63, 3.8) is 0 Å². The predicted molar refractivity (Wildman–Crippen MR) is 61.7 cm³/mol. The maximum Gasteiger partial charge on any atom is 0.121 e. The van der Waals surface area contributed by atoms with Gasteiger partial charge in [-0.2, -0.15) is 0 Å². The largest absolute Gasteiger partial charge is 0.312 e. The minimum atomic E-state index is 0.984. The average Bonchev–Trinajstić information content (AvgIpc) is 2.48. The van der Waals surface area contributed by atoms with E-state index in [9.17, 15) is 0 Å². The van der Waals surface area contributed by atoms with Crippen LogP contribution in [0.5, 0.6) is 0 Å². The molecule has 76 valence electrons. The third kappa shape index (κ3) is 1.74. The summed E-state index contributed by atoms with van der Waals surface area (Å²) in [7, 11) is 0. The van der Waals surface area contributed by atoms with Gasteiger partial charge in [-0.15, -0.1) is 11.3 Å². The molecule has 0 fully saturated rings. The third-order valence-electron chi connectivity index (χ3n) is 2.78. The van der Waals surface area contributed by atoms with E-state index in [-0.39, 0.29) is 0 Å². The van der Waals surface area contributed by atoms with Crippen molar-refractivity contribution in [3.8, 4) is 0 Å². The van der Waals surface area contributed by atoms with Gasteiger partial charge in [0.15, 0.2) is 0 Å². The smallest absolute Gasteiger partial charge is 0.121 e. The number of aromatic nitrogens is 1. The molecule has 1 aliphatic rings. The molecule has 0 amide bonds. The fraction of sp³-hybridized carbons (Fsp3) is 0.545.